The first-order valence-corrected chi connectivity index (χ1v) is 12.1. The number of hydrogen-bond donors (Lipinski definition) is 2. The number of hydrogen-bond acceptors (Lipinski definition) is 7. The number of amides is 2. The van der Waals surface area contributed by atoms with Gasteiger partial charge in [-0.3, -0.25) is 9.59 Å². The quantitative estimate of drug-likeness (QED) is 0.447. The zero-order valence-corrected chi connectivity index (χ0v) is 19.0. The van der Waals surface area contributed by atoms with E-state index in [4.69, 9.17) is 5.73 Å². The van der Waals surface area contributed by atoms with Gasteiger partial charge in [0, 0.05) is 15.1 Å². The van der Waals surface area contributed by atoms with Gasteiger partial charge in [-0.15, -0.1) is 22.7 Å². The number of carbonyl (C=O) groups is 2. The molecule has 29 heavy (non-hydrogen) atoms. The molecule has 0 saturated heterocycles. The molecule has 6 nitrogen and oxygen atoms in total. The van der Waals surface area contributed by atoms with Crippen LogP contribution in [0.5, 0.6) is 0 Å². The third-order valence-corrected chi connectivity index (χ3v) is 8.40. The number of nitrogens with zero attached hydrogens (tertiary/aromatic N) is 2. The van der Waals surface area contributed by atoms with E-state index >= 15 is 0 Å². The molecule has 0 atom stereocenters. The first-order chi connectivity index (χ1) is 13.8. The Labute approximate surface area is 181 Å². The predicted molar refractivity (Wildman–Crippen MR) is 120 cm³/mol. The number of nitrogens with two attached hydrogens (primary N) is 1. The summed E-state index contributed by atoms with van der Waals surface area (Å²) in [6.07, 6.45) is 3.96. The van der Waals surface area contributed by atoms with Gasteiger partial charge in [0.15, 0.2) is 0 Å². The Morgan fingerprint density at radius 3 is 2.66 bits per heavy atom. The van der Waals surface area contributed by atoms with Crippen molar-refractivity contribution in [2.24, 2.45) is 5.73 Å². The molecule has 0 spiro atoms. The molecule has 0 aliphatic heterocycles. The third kappa shape index (κ3) is 3.91. The van der Waals surface area contributed by atoms with Gasteiger partial charge in [-0.2, -0.15) is 0 Å². The van der Waals surface area contributed by atoms with Crippen LogP contribution < -0.4 is 11.1 Å². The molecule has 4 rings (SSSR count). The Kier molecular flexibility index (Phi) is 5.63. The second-order valence-corrected chi connectivity index (χ2v) is 10.4. The van der Waals surface area contributed by atoms with Crippen molar-refractivity contribution < 1.29 is 9.59 Å². The molecule has 9 heteroatoms. The second kappa shape index (κ2) is 8.04. The van der Waals surface area contributed by atoms with Crippen LogP contribution in [0, 0.1) is 20.8 Å². The van der Waals surface area contributed by atoms with E-state index in [1.807, 2.05) is 6.92 Å². The van der Waals surface area contributed by atoms with E-state index in [0.717, 1.165) is 52.1 Å². The molecule has 0 saturated carbocycles. The molecule has 2 amide bonds. The van der Waals surface area contributed by atoms with Gasteiger partial charge in [0.2, 0.25) is 5.91 Å². The van der Waals surface area contributed by atoms with Crippen LogP contribution in [0.25, 0.3) is 10.2 Å². The van der Waals surface area contributed by atoms with Gasteiger partial charge in [-0.05, 0) is 57.6 Å². The molecule has 1 aliphatic carbocycles. The Bertz CT molecular complexity index is 1130. The first-order valence-electron chi connectivity index (χ1n) is 9.46. The summed E-state index contributed by atoms with van der Waals surface area (Å²) in [6.45, 7) is 6.00. The van der Waals surface area contributed by atoms with Crippen molar-refractivity contribution in [3.8, 4) is 0 Å². The fraction of sp³-hybridized carbons (Fsp3) is 0.400. The van der Waals surface area contributed by atoms with Crippen LogP contribution in [-0.4, -0.2) is 27.5 Å². The van der Waals surface area contributed by atoms with Crippen molar-refractivity contribution in [2.45, 2.75) is 51.5 Å². The van der Waals surface area contributed by atoms with E-state index in [9.17, 15) is 9.59 Å². The van der Waals surface area contributed by atoms with Crippen molar-refractivity contribution >= 4 is 61.5 Å². The summed E-state index contributed by atoms with van der Waals surface area (Å²) in [5.41, 5.74) is 8.29. The maximum atomic E-state index is 12.7. The Morgan fingerprint density at radius 1 is 1.14 bits per heavy atom. The minimum absolute atomic E-state index is 0.162. The maximum Gasteiger partial charge on any atom is 0.251 e. The number of nitrogens with one attached hydrogen (secondary N) is 1. The largest absolute Gasteiger partial charge is 0.365 e. The molecular formula is C20H22N4O2S3. The van der Waals surface area contributed by atoms with Crippen molar-refractivity contribution in [2.75, 3.05) is 11.1 Å². The Balaban J connectivity index is 1.54. The zero-order valence-electron chi connectivity index (χ0n) is 16.5. The maximum absolute atomic E-state index is 12.7. The molecule has 0 aromatic carbocycles. The van der Waals surface area contributed by atoms with Gasteiger partial charge in [0.05, 0.1) is 11.3 Å². The fourth-order valence-electron chi connectivity index (χ4n) is 3.63. The molecular weight excluding hydrogens is 424 g/mol. The number of anilines is 1. The Hall–Kier alpha value is -1.97. The monoisotopic (exact) mass is 446 g/mol. The summed E-state index contributed by atoms with van der Waals surface area (Å²) in [6, 6.07) is 0. The van der Waals surface area contributed by atoms with Crippen molar-refractivity contribution in [3.63, 3.8) is 0 Å². The van der Waals surface area contributed by atoms with Crippen LogP contribution in [0.1, 0.15) is 49.9 Å². The van der Waals surface area contributed by atoms with E-state index in [1.165, 1.54) is 32.9 Å². The van der Waals surface area contributed by atoms with Gasteiger partial charge in [-0.1, -0.05) is 11.8 Å². The third-order valence-electron chi connectivity index (χ3n) is 5.12. The van der Waals surface area contributed by atoms with Crippen LogP contribution in [0.2, 0.25) is 0 Å². The van der Waals surface area contributed by atoms with E-state index in [0.29, 0.717) is 16.4 Å². The van der Waals surface area contributed by atoms with Gasteiger partial charge in [-0.25, -0.2) is 9.97 Å². The predicted octanol–water partition coefficient (Wildman–Crippen LogP) is 4.39. The lowest BCUT2D eigenvalue weighted by Gasteiger charge is -2.11. The molecule has 3 aromatic heterocycles. The summed E-state index contributed by atoms with van der Waals surface area (Å²) in [4.78, 5) is 37.1. The molecule has 3 N–H and O–H groups in total. The van der Waals surface area contributed by atoms with E-state index < -0.39 is 5.91 Å². The zero-order chi connectivity index (χ0) is 20.7. The highest BCUT2D eigenvalue weighted by molar-refractivity contribution is 8.00. The number of rotatable bonds is 5. The van der Waals surface area contributed by atoms with Crippen LogP contribution in [-0.2, 0) is 17.6 Å². The summed E-state index contributed by atoms with van der Waals surface area (Å²) in [5.74, 6) is 0.277. The summed E-state index contributed by atoms with van der Waals surface area (Å²) >= 11 is 4.53. The van der Waals surface area contributed by atoms with Gasteiger partial charge in [0.1, 0.15) is 20.7 Å². The summed E-state index contributed by atoms with van der Waals surface area (Å²) in [7, 11) is 0. The molecule has 1 aliphatic rings. The first kappa shape index (κ1) is 20.3. The fourth-order valence-corrected chi connectivity index (χ4v) is 7.01. The number of thiophene rings is 2. The molecule has 3 heterocycles. The van der Waals surface area contributed by atoms with E-state index in [-0.39, 0.29) is 11.7 Å². The topological polar surface area (TPSA) is 98.0 Å². The minimum Gasteiger partial charge on any atom is -0.365 e. The SMILES string of the molecule is Cc1nc(SCC(=O)Nc2sc3c(c2C(N)=O)CCCC3)c2c(C)c(C)sc2n1. The lowest BCUT2D eigenvalue weighted by molar-refractivity contribution is -0.113. The van der Waals surface area contributed by atoms with Crippen molar-refractivity contribution in [1.29, 1.82) is 0 Å². The lowest BCUT2D eigenvalue weighted by Crippen LogP contribution is -2.19. The van der Waals surface area contributed by atoms with Crippen LogP contribution >= 0.6 is 34.4 Å². The van der Waals surface area contributed by atoms with Crippen LogP contribution in [0.3, 0.4) is 0 Å². The van der Waals surface area contributed by atoms with Crippen LogP contribution in [0.15, 0.2) is 5.03 Å². The highest BCUT2D eigenvalue weighted by atomic mass is 32.2. The van der Waals surface area contributed by atoms with Gasteiger partial charge < -0.3 is 11.1 Å². The highest BCUT2D eigenvalue weighted by Crippen LogP contribution is 2.38. The number of aryl methyl sites for hydroxylation is 4. The Morgan fingerprint density at radius 2 is 1.90 bits per heavy atom. The van der Waals surface area contributed by atoms with Gasteiger partial charge >= 0.3 is 0 Å². The number of aromatic nitrogens is 2. The summed E-state index contributed by atoms with van der Waals surface area (Å²) < 4.78 is 0. The van der Waals surface area contributed by atoms with E-state index in [2.05, 4.69) is 29.1 Å². The average molecular weight is 447 g/mol. The standard InChI is InChI=1S/C20H22N4O2S3/c1-9-10(2)28-19-15(9)18(22-11(3)23-19)27-8-14(25)24-20-16(17(21)26)12-6-4-5-7-13(12)29-20/h4-8H2,1-3H3,(H2,21,26)(H,24,25). The number of primary amides is 1. The second-order valence-electron chi connectivity index (χ2n) is 7.16. The summed E-state index contributed by atoms with van der Waals surface area (Å²) in [5, 5.41) is 5.36. The molecule has 0 fully saturated rings. The van der Waals surface area contributed by atoms with Crippen LogP contribution in [0.4, 0.5) is 5.00 Å². The lowest BCUT2D eigenvalue weighted by atomic mass is 9.95. The van der Waals surface area contributed by atoms with Gasteiger partial charge in [0.25, 0.3) is 5.91 Å². The minimum atomic E-state index is -0.468. The average Bonchev–Trinajstić information content (AvgIpc) is 3.16. The van der Waals surface area contributed by atoms with Crippen molar-refractivity contribution in [1.82, 2.24) is 9.97 Å². The van der Waals surface area contributed by atoms with E-state index in [1.54, 1.807) is 11.3 Å². The van der Waals surface area contributed by atoms with Crippen molar-refractivity contribution in [3.05, 3.63) is 32.3 Å². The molecule has 0 radical (unpaired) electrons. The number of carbonyl (C=O) groups excluding carboxylic acids is 2. The number of fused-ring (bicyclic) bond motifs is 2. The molecule has 0 bridgehead atoms. The smallest absolute Gasteiger partial charge is 0.251 e. The molecule has 3 aromatic rings. The highest BCUT2D eigenvalue weighted by Gasteiger charge is 2.25. The molecule has 152 valence electrons. The normalized spacial score (nSPS) is 13.5. The number of thioether (sulfide) groups is 1. The molecule has 0 unspecified atom stereocenters.